The first-order valence-electron chi connectivity index (χ1n) is 7.86. The second kappa shape index (κ2) is 7.18. The van der Waals surface area contributed by atoms with Crippen LogP contribution in [0.5, 0.6) is 11.5 Å². The summed E-state index contributed by atoms with van der Waals surface area (Å²) in [5.41, 5.74) is 1.03. The Morgan fingerprint density at radius 1 is 1.24 bits per heavy atom. The lowest BCUT2D eigenvalue weighted by molar-refractivity contribution is -0.116. The highest BCUT2D eigenvalue weighted by Crippen LogP contribution is 2.38. The second-order valence-corrected chi connectivity index (χ2v) is 6.74. The molecule has 3 rings (SSSR count). The molecule has 25 heavy (non-hydrogen) atoms. The molecule has 0 saturated heterocycles. The molecular weight excluding hydrogens is 342 g/mol. The highest BCUT2D eigenvalue weighted by Gasteiger charge is 2.31. The number of thioether (sulfide) groups is 1. The second-order valence-electron chi connectivity index (χ2n) is 5.49. The van der Waals surface area contributed by atoms with Gasteiger partial charge < -0.3 is 19.8 Å². The number of hydrogen-bond donors (Lipinski definition) is 2. The summed E-state index contributed by atoms with van der Waals surface area (Å²) in [5.74, 6) is 1.69. The zero-order valence-electron chi connectivity index (χ0n) is 14.2. The van der Waals surface area contributed by atoms with Gasteiger partial charge in [0.1, 0.15) is 5.82 Å². The van der Waals surface area contributed by atoms with Crippen LogP contribution in [0, 0.1) is 0 Å². The third-order valence-corrected chi connectivity index (χ3v) is 4.78. The lowest BCUT2D eigenvalue weighted by atomic mass is 9.86. The van der Waals surface area contributed by atoms with Crippen molar-refractivity contribution in [1.29, 1.82) is 0 Å². The number of amides is 1. The van der Waals surface area contributed by atoms with Crippen LogP contribution in [0.1, 0.15) is 30.4 Å². The average Bonchev–Trinajstić information content (AvgIpc) is 2.60. The Balaban J connectivity index is 2.11. The molecule has 1 aliphatic heterocycles. The van der Waals surface area contributed by atoms with Crippen LogP contribution in [-0.4, -0.2) is 35.8 Å². The number of fused-ring (bicyclic) bond motifs is 1. The van der Waals surface area contributed by atoms with Crippen molar-refractivity contribution in [3.8, 4) is 11.5 Å². The molecule has 132 valence electrons. The first-order valence-corrected chi connectivity index (χ1v) is 8.84. The zero-order valence-corrected chi connectivity index (χ0v) is 15.0. The first-order chi connectivity index (χ1) is 12.1. The van der Waals surface area contributed by atoms with E-state index in [1.807, 2.05) is 13.0 Å². The predicted molar refractivity (Wildman–Crippen MR) is 95.9 cm³/mol. The van der Waals surface area contributed by atoms with Crippen LogP contribution in [-0.2, 0) is 4.79 Å². The van der Waals surface area contributed by atoms with Gasteiger partial charge in [-0.05, 0) is 23.4 Å². The molecule has 1 amide bonds. The number of aromatic nitrogens is 2. The molecule has 1 aliphatic rings. The number of ether oxygens (including phenoxy) is 2. The number of aromatic amines is 1. The van der Waals surface area contributed by atoms with E-state index in [4.69, 9.17) is 9.47 Å². The van der Waals surface area contributed by atoms with E-state index < -0.39 is 0 Å². The van der Waals surface area contributed by atoms with Gasteiger partial charge in [-0.3, -0.25) is 9.59 Å². The van der Waals surface area contributed by atoms with E-state index in [1.165, 1.54) is 11.8 Å². The molecule has 0 radical (unpaired) electrons. The van der Waals surface area contributed by atoms with Gasteiger partial charge in [-0.1, -0.05) is 24.8 Å². The maximum atomic E-state index is 12.6. The maximum Gasteiger partial charge on any atom is 0.257 e. The molecule has 1 aromatic heterocycles. The number of anilines is 1. The van der Waals surface area contributed by atoms with E-state index in [1.54, 1.807) is 26.4 Å². The van der Waals surface area contributed by atoms with Gasteiger partial charge in [0.25, 0.3) is 5.56 Å². The molecule has 0 bridgehead atoms. The maximum absolute atomic E-state index is 12.6. The van der Waals surface area contributed by atoms with E-state index >= 15 is 0 Å². The number of nitrogens with zero attached hydrogens (tertiary/aromatic N) is 1. The predicted octanol–water partition coefficient (Wildman–Crippen LogP) is 2.37. The van der Waals surface area contributed by atoms with Crippen molar-refractivity contribution in [3.63, 3.8) is 0 Å². The van der Waals surface area contributed by atoms with Crippen LogP contribution >= 0.6 is 11.8 Å². The molecular formula is C17H19N3O4S. The van der Waals surface area contributed by atoms with E-state index in [9.17, 15) is 9.59 Å². The van der Waals surface area contributed by atoms with Crippen molar-refractivity contribution in [1.82, 2.24) is 9.97 Å². The fourth-order valence-corrected chi connectivity index (χ4v) is 3.50. The molecule has 0 spiro atoms. The van der Waals surface area contributed by atoms with Gasteiger partial charge in [0.2, 0.25) is 5.91 Å². The summed E-state index contributed by atoms with van der Waals surface area (Å²) in [4.78, 5) is 31.9. The lowest BCUT2D eigenvalue weighted by Gasteiger charge is -2.25. The topological polar surface area (TPSA) is 93.3 Å². The van der Waals surface area contributed by atoms with Crippen LogP contribution < -0.4 is 20.3 Å². The van der Waals surface area contributed by atoms with Gasteiger partial charge in [-0.15, -0.1) is 0 Å². The minimum Gasteiger partial charge on any atom is -0.493 e. The highest BCUT2D eigenvalue weighted by molar-refractivity contribution is 7.99. The summed E-state index contributed by atoms with van der Waals surface area (Å²) in [7, 11) is 3.11. The van der Waals surface area contributed by atoms with Crippen molar-refractivity contribution in [2.75, 3.05) is 25.3 Å². The van der Waals surface area contributed by atoms with E-state index in [-0.39, 0.29) is 23.8 Å². The summed E-state index contributed by atoms with van der Waals surface area (Å²) in [6, 6.07) is 5.39. The first kappa shape index (κ1) is 17.3. The van der Waals surface area contributed by atoms with E-state index in [0.29, 0.717) is 28.0 Å². The molecule has 0 fully saturated rings. The standard InChI is InChI=1S/C17H19N3O4S/c1-4-25-17-19-15-14(16(22)20-17)10(8-13(21)18-15)9-5-6-11(23-2)12(7-9)24-3/h5-7,10H,4,8H2,1-3H3,(H2,18,19,20,21,22)/t10-/m0/s1. The SMILES string of the molecule is CCSc1nc2c(c(=O)[nH]1)[C@H](c1ccc(OC)c(OC)c1)CC(=O)N2. The average molecular weight is 361 g/mol. The van der Waals surface area contributed by atoms with E-state index in [0.717, 1.165) is 11.3 Å². The normalized spacial score (nSPS) is 16.1. The van der Waals surface area contributed by atoms with Gasteiger partial charge in [0.05, 0.1) is 19.8 Å². The minimum atomic E-state index is -0.388. The highest BCUT2D eigenvalue weighted by atomic mass is 32.2. The molecule has 2 N–H and O–H groups in total. The molecule has 7 nitrogen and oxygen atoms in total. The van der Waals surface area contributed by atoms with Crippen LogP contribution in [0.2, 0.25) is 0 Å². The zero-order chi connectivity index (χ0) is 18.0. The number of hydrogen-bond acceptors (Lipinski definition) is 6. The summed E-state index contributed by atoms with van der Waals surface area (Å²) in [6.07, 6.45) is 0.174. The van der Waals surface area contributed by atoms with Crippen LogP contribution in [0.15, 0.2) is 28.2 Å². The van der Waals surface area contributed by atoms with Crippen molar-refractivity contribution >= 4 is 23.5 Å². The molecule has 0 saturated carbocycles. The van der Waals surface area contributed by atoms with Crippen molar-refractivity contribution in [2.45, 2.75) is 24.4 Å². The van der Waals surface area contributed by atoms with Gasteiger partial charge in [-0.2, -0.15) is 0 Å². The molecule has 8 heteroatoms. The fraction of sp³-hybridized carbons (Fsp3) is 0.353. The molecule has 2 heterocycles. The monoisotopic (exact) mass is 361 g/mol. The number of nitrogens with one attached hydrogen (secondary N) is 2. The Morgan fingerprint density at radius 2 is 2.00 bits per heavy atom. The van der Waals surface area contributed by atoms with E-state index in [2.05, 4.69) is 15.3 Å². The number of rotatable bonds is 5. The number of H-pyrrole nitrogens is 1. The lowest BCUT2D eigenvalue weighted by Crippen LogP contribution is -2.31. The Bertz CT molecular complexity index is 865. The molecule has 1 atom stereocenters. The smallest absolute Gasteiger partial charge is 0.257 e. The number of carbonyl (C=O) groups is 1. The van der Waals surface area contributed by atoms with Crippen LogP contribution in [0.4, 0.5) is 5.82 Å². The number of benzene rings is 1. The molecule has 0 aliphatic carbocycles. The fourth-order valence-electron chi connectivity index (χ4n) is 2.91. The molecule has 0 unspecified atom stereocenters. The van der Waals surface area contributed by atoms with Gasteiger partial charge in [0.15, 0.2) is 16.7 Å². The summed E-state index contributed by atoms with van der Waals surface area (Å²) >= 11 is 1.42. The minimum absolute atomic E-state index is 0.169. The Labute approximate surface area is 149 Å². The number of carbonyl (C=O) groups excluding carboxylic acids is 1. The van der Waals surface area contributed by atoms with Gasteiger partial charge in [0, 0.05) is 12.3 Å². The van der Waals surface area contributed by atoms with Crippen LogP contribution in [0.3, 0.4) is 0 Å². The Morgan fingerprint density at radius 3 is 2.68 bits per heavy atom. The summed E-state index contributed by atoms with van der Waals surface area (Å²) < 4.78 is 10.6. The largest absolute Gasteiger partial charge is 0.493 e. The molecule has 2 aromatic rings. The van der Waals surface area contributed by atoms with Crippen LogP contribution in [0.25, 0.3) is 0 Å². The number of methoxy groups -OCH3 is 2. The Kier molecular flexibility index (Phi) is 4.98. The summed E-state index contributed by atoms with van der Waals surface area (Å²) in [5, 5.41) is 3.21. The Hall–Kier alpha value is -2.48. The van der Waals surface area contributed by atoms with Crippen molar-refractivity contribution in [2.24, 2.45) is 0 Å². The summed E-state index contributed by atoms with van der Waals surface area (Å²) in [6.45, 7) is 1.97. The third-order valence-electron chi connectivity index (χ3n) is 4.02. The van der Waals surface area contributed by atoms with Gasteiger partial charge >= 0.3 is 0 Å². The molecule has 1 aromatic carbocycles. The van der Waals surface area contributed by atoms with Crippen molar-refractivity contribution in [3.05, 3.63) is 39.7 Å². The van der Waals surface area contributed by atoms with Crippen molar-refractivity contribution < 1.29 is 14.3 Å². The third kappa shape index (κ3) is 3.34. The van der Waals surface area contributed by atoms with Gasteiger partial charge in [-0.25, -0.2) is 4.98 Å². The quantitative estimate of drug-likeness (QED) is 0.627.